The Hall–Kier alpha value is -3.40. The molecular formula is C34H45N3O5S. The fourth-order valence-electron chi connectivity index (χ4n) is 5.34. The summed E-state index contributed by atoms with van der Waals surface area (Å²) in [7, 11) is -1.80. The van der Waals surface area contributed by atoms with E-state index in [2.05, 4.69) is 54.9 Å². The molecule has 0 saturated carbocycles. The molecule has 2 atom stereocenters. The number of hydrogen-bond donors (Lipinski definition) is 2. The summed E-state index contributed by atoms with van der Waals surface area (Å²) >= 11 is 0. The number of nitrogens with one attached hydrogen (secondary N) is 2. The van der Waals surface area contributed by atoms with Crippen molar-refractivity contribution in [3.63, 3.8) is 0 Å². The van der Waals surface area contributed by atoms with Gasteiger partial charge < -0.3 is 19.7 Å². The van der Waals surface area contributed by atoms with Crippen molar-refractivity contribution >= 4 is 15.9 Å². The maximum absolute atomic E-state index is 13.4. The third-order valence-corrected chi connectivity index (χ3v) is 8.86. The molecule has 8 nitrogen and oxygen atoms in total. The van der Waals surface area contributed by atoms with Crippen molar-refractivity contribution in [3.05, 3.63) is 89.5 Å². The quantitative estimate of drug-likeness (QED) is 0.206. The Morgan fingerprint density at radius 3 is 2.51 bits per heavy atom. The number of nitrogens with zero attached hydrogens (tertiary/aromatic N) is 1. The van der Waals surface area contributed by atoms with Crippen molar-refractivity contribution in [3.8, 4) is 11.5 Å². The Bertz CT molecular complexity index is 1430. The molecule has 1 heterocycles. The zero-order chi connectivity index (χ0) is 30.8. The summed E-state index contributed by atoms with van der Waals surface area (Å²) in [5.41, 5.74) is 2.81. The molecule has 1 aliphatic heterocycles. The fraction of sp³-hybridized carbons (Fsp3) is 0.441. The monoisotopic (exact) mass is 607 g/mol. The number of benzene rings is 3. The Balaban J connectivity index is 1.45. The Morgan fingerprint density at radius 1 is 1.07 bits per heavy atom. The number of ether oxygens (including phenoxy) is 2. The third-order valence-electron chi connectivity index (χ3n) is 7.37. The minimum absolute atomic E-state index is 0.0494. The van der Waals surface area contributed by atoms with Gasteiger partial charge in [0.15, 0.2) is 0 Å². The van der Waals surface area contributed by atoms with Crippen LogP contribution in [0.3, 0.4) is 0 Å². The molecule has 1 amide bonds. The highest BCUT2D eigenvalue weighted by atomic mass is 32.2. The first-order chi connectivity index (χ1) is 20.6. The molecule has 3 aromatic carbocycles. The molecule has 232 valence electrons. The minimum atomic E-state index is -3.91. The van der Waals surface area contributed by atoms with Gasteiger partial charge in [0, 0.05) is 31.5 Å². The number of hydrogen-bond acceptors (Lipinski definition) is 6. The molecule has 4 rings (SSSR count). The standard InChI is InChI=1S/C34H45N3O5S/c1-5-6-19-41-28-13-15-29(16-14-28)43(39,40)36-32(27-10-8-7-9-11-27)22-34(38)35-31-18-20-42-33-21-26(12-17-30(31)33)24-37(4)23-25(2)3/h7-17,21,25,31-32,36H,5-6,18-20,22-24H2,1-4H3,(H,35,38). The van der Waals surface area contributed by atoms with Gasteiger partial charge in [-0.15, -0.1) is 0 Å². The van der Waals surface area contributed by atoms with E-state index in [0.29, 0.717) is 36.9 Å². The van der Waals surface area contributed by atoms with Gasteiger partial charge in [0.1, 0.15) is 11.5 Å². The van der Waals surface area contributed by atoms with E-state index in [1.807, 2.05) is 36.4 Å². The van der Waals surface area contributed by atoms with E-state index in [-0.39, 0.29) is 23.3 Å². The molecule has 0 bridgehead atoms. The van der Waals surface area contributed by atoms with Crippen LogP contribution in [0.5, 0.6) is 11.5 Å². The number of carbonyl (C=O) groups is 1. The molecule has 0 spiro atoms. The second kappa shape index (κ2) is 15.4. The second-order valence-electron chi connectivity index (χ2n) is 11.7. The van der Waals surface area contributed by atoms with Gasteiger partial charge in [-0.25, -0.2) is 13.1 Å². The predicted octanol–water partition coefficient (Wildman–Crippen LogP) is 6.00. The summed E-state index contributed by atoms with van der Waals surface area (Å²) in [5, 5.41) is 3.14. The number of carbonyl (C=O) groups excluding carboxylic acids is 1. The molecule has 2 N–H and O–H groups in total. The largest absolute Gasteiger partial charge is 0.494 e. The van der Waals surface area contributed by atoms with E-state index in [1.165, 1.54) is 12.1 Å². The van der Waals surface area contributed by atoms with Crippen LogP contribution in [0.25, 0.3) is 0 Å². The lowest BCUT2D eigenvalue weighted by atomic mass is 9.97. The number of fused-ring (bicyclic) bond motifs is 1. The zero-order valence-electron chi connectivity index (χ0n) is 25.7. The second-order valence-corrected chi connectivity index (χ2v) is 13.4. The summed E-state index contributed by atoms with van der Waals surface area (Å²) in [6.45, 7) is 9.39. The highest BCUT2D eigenvalue weighted by Gasteiger charge is 2.27. The molecule has 43 heavy (non-hydrogen) atoms. The molecule has 0 fully saturated rings. The summed E-state index contributed by atoms with van der Waals surface area (Å²) < 4.78 is 41.2. The Morgan fingerprint density at radius 2 is 1.81 bits per heavy atom. The van der Waals surface area contributed by atoms with Crippen LogP contribution in [0.1, 0.15) is 75.2 Å². The molecular weight excluding hydrogens is 562 g/mol. The summed E-state index contributed by atoms with van der Waals surface area (Å²) in [5.74, 6) is 1.75. The first-order valence-corrected chi connectivity index (χ1v) is 16.7. The van der Waals surface area contributed by atoms with Crippen molar-refractivity contribution in [1.82, 2.24) is 14.9 Å². The molecule has 0 saturated heterocycles. The average molecular weight is 608 g/mol. The van der Waals surface area contributed by atoms with Crippen molar-refractivity contribution in [2.75, 3.05) is 26.8 Å². The lowest BCUT2D eigenvalue weighted by Gasteiger charge is -2.28. The van der Waals surface area contributed by atoms with Gasteiger partial charge in [-0.05, 0) is 60.8 Å². The van der Waals surface area contributed by atoms with Gasteiger partial charge in [0.25, 0.3) is 0 Å². The van der Waals surface area contributed by atoms with Crippen LogP contribution in [-0.2, 0) is 21.4 Å². The normalized spacial score (nSPS) is 15.5. The SMILES string of the molecule is CCCCOc1ccc(S(=O)(=O)NC(CC(=O)NC2CCOc3cc(CN(C)CC(C)C)ccc32)c2ccccc2)cc1. The first kappa shape index (κ1) is 32.5. The summed E-state index contributed by atoms with van der Waals surface area (Å²) in [6.07, 6.45) is 2.54. The first-order valence-electron chi connectivity index (χ1n) is 15.2. The van der Waals surface area contributed by atoms with Crippen LogP contribution >= 0.6 is 0 Å². The Kier molecular flexibility index (Phi) is 11.6. The van der Waals surface area contributed by atoms with Crippen molar-refractivity contribution in [2.24, 2.45) is 5.92 Å². The maximum atomic E-state index is 13.4. The lowest BCUT2D eigenvalue weighted by Crippen LogP contribution is -2.36. The molecule has 1 aliphatic rings. The fourth-order valence-corrected chi connectivity index (χ4v) is 6.56. The molecule has 0 aromatic heterocycles. The number of sulfonamides is 1. The van der Waals surface area contributed by atoms with Crippen LogP contribution in [-0.4, -0.2) is 46.0 Å². The molecule has 2 unspecified atom stereocenters. The summed E-state index contributed by atoms with van der Waals surface area (Å²) in [4.78, 5) is 15.8. The van der Waals surface area contributed by atoms with Gasteiger partial charge >= 0.3 is 0 Å². The van der Waals surface area contributed by atoms with E-state index in [9.17, 15) is 13.2 Å². The molecule has 9 heteroatoms. The predicted molar refractivity (Wildman–Crippen MR) is 170 cm³/mol. The van der Waals surface area contributed by atoms with E-state index in [4.69, 9.17) is 9.47 Å². The van der Waals surface area contributed by atoms with E-state index in [1.54, 1.807) is 12.1 Å². The van der Waals surface area contributed by atoms with Crippen LogP contribution in [0.4, 0.5) is 0 Å². The number of rotatable bonds is 15. The minimum Gasteiger partial charge on any atom is -0.494 e. The van der Waals surface area contributed by atoms with Crippen molar-refractivity contribution in [2.45, 2.75) is 70.0 Å². The van der Waals surface area contributed by atoms with Gasteiger partial charge in [0.2, 0.25) is 15.9 Å². The van der Waals surface area contributed by atoms with Crippen LogP contribution in [0.15, 0.2) is 77.7 Å². The number of amides is 1. The van der Waals surface area contributed by atoms with E-state index >= 15 is 0 Å². The van der Waals surface area contributed by atoms with Crippen molar-refractivity contribution < 1.29 is 22.7 Å². The van der Waals surface area contributed by atoms with Crippen LogP contribution < -0.4 is 19.5 Å². The van der Waals surface area contributed by atoms with Crippen LogP contribution in [0.2, 0.25) is 0 Å². The van der Waals surface area contributed by atoms with Crippen molar-refractivity contribution in [1.29, 1.82) is 0 Å². The van der Waals surface area contributed by atoms with E-state index < -0.39 is 16.1 Å². The average Bonchev–Trinajstić information content (AvgIpc) is 2.97. The Labute approximate surface area is 256 Å². The van der Waals surface area contributed by atoms with Gasteiger partial charge in [-0.2, -0.15) is 0 Å². The third kappa shape index (κ3) is 9.55. The van der Waals surface area contributed by atoms with Gasteiger partial charge in [-0.1, -0.05) is 69.7 Å². The topological polar surface area (TPSA) is 97.0 Å². The van der Waals surface area contributed by atoms with E-state index in [0.717, 1.165) is 42.8 Å². The maximum Gasteiger partial charge on any atom is 0.241 e. The highest BCUT2D eigenvalue weighted by molar-refractivity contribution is 7.89. The van der Waals surface area contributed by atoms with Gasteiger partial charge in [-0.3, -0.25) is 4.79 Å². The molecule has 3 aromatic rings. The van der Waals surface area contributed by atoms with Crippen LogP contribution in [0, 0.1) is 5.92 Å². The summed E-state index contributed by atoms with van der Waals surface area (Å²) in [6, 6.07) is 20.8. The highest BCUT2D eigenvalue weighted by Crippen LogP contribution is 2.33. The van der Waals surface area contributed by atoms with Gasteiger partial charge in [0.05, 0.1) is 30.2 Å². The lowest BCUT2D eigenvalue weighted by molar-refractivity contribution is -0.122. The molecule has 0 radical (unpaired) electrons. The molecule has 0 aliphatic carbocycles. The smallest absolute Gasteiger partial charge is 0.241 e. The number of unbranched alkanes of at least 4 members (excludes halogenated alkanes) is 1. The zero-order valence-corrected chi connectivity index (χ0v) is 26.5.